The van der Waals surface area contributed by atoms with Gasteiger partial charge in [-0.25, -0.2) is 0 Å². The summed E-state index contributed by atoms with van der Waals surface area (Å²) in [4.78, 5) is 2.09. The van der Waals surface area contributed by atoms with E-state index in [1.807, 2.05) is 7.05 Å². The van der Waals surface area contributed by atoms with Gasteiger partial charge in [0, 0.05) is 43.4 Å². The van der Waals surface area contributed by atoms with E-state index < -0.39 is 0 Å². The number of rotatable bonds is 3. The lowest BCUT2D eigenvalue weighted by Crippen LogP contribution is -2.31. The maximum absolute atomic E-state index is 5.61. The van der Waals surface area contributed by atoms with Crippen LogP contribution in [-0.4, -0.2) is 21.6 Å². The van der Waals surface area contributed by atoms with Crippen molar-refractivity contribution in [2.75, 3.05) is 12.4 Å². The second kappa shape index (κ2) is 6.65. The Kier molecular flexibility index (Phi) is 4.58. The predicted molar refractivity (Wildman–Crippen MR) is 107 cm³/mol. The summed E-state index contributed by atoms with van der Waals surface area (Å²) >= 11 is 5.61. The Bertz CT molecular complexity index is 875. The highest BCUT2D eigenvalue weighted by Crippen LogP contribution is 2.23. The number of thiocarbonyl (C=S) groups is 1. The molecule has 0 atom stereocenters. The summed E-state index contributed by atoms with van der Waals surface area (Å²) in [6.45, 7) is 4.98. The van der Waals surface area contributed by atoms with E-state index in [4.69, 9.17) is 12.2 Å². The molecule has 3 aromatic rings. The van der Waals surface area contributed by atoms with Gasteiger partial charge in [-0.3, -0.25) is 0 Å². The third-order valence-corrected chi connectivity index (χ3v) is 4.86. The first-order valence-electron chi connectivity index (χ1n) is 8.08. The highest BCUT2D eigenvalue weighted by Gasteiger charge is 2.12. The van der Waals surface area contributed by atoms with Crippen molar-refractivity contribution in [2.45, 2.75) is 20.4 Å². The second-order valence-electron chi connectivity index (χ2n) is 6.34. The van der Waals surface area contributed by atoms with E-state index in [0.717, 1.165) is 17.3 Å². The highest BCUT2D eigenvalue weighted by molar-refractivity contribution is 7.80. The number of hydrogen-bond donors (Lipinski definition) is 1. The van der Waals surface area contributed by atoms with Crippen LogP contribution in [0.1, 0.15) is 16.7 Å². The van der Waals surface area contributed by atoms with Crippen molar-refractivity contribution in [3.8, 4) is 0 Å². The normalized spacial score (nSPS) is 10.8. The Hall–Kier alpha value is -2.33. The number of para-hydroxylation sites is 2. The van der Waals surface area contributed by atoms with Gasteiger partial charge in [-0.2, -0.15) is 0 Å². The van der Waals surface area contributed by atoms with Crippen LogP contribution in [0, 0.1) is 13.8 Å². The average molecular weight is 337 g/mol. The van der Waals surface area contributed by atoms with Gasteiger partial charge in [-0.05, 0) is 48.8 Å². The minimum atomic E-state index is 0.736. The van der Waals surface area contributed by atoms with E-state index in [0.29, 0.717) is 0 Å². The quantitative estimate of drug-likeness (QED) is 0.704. The van der Waals surface area contributed by atoms with E-state index in [1.165, 1.54) is 27.6 Å². The largest absolute Gasteiger partial charge is 0.350 e. The zero-order chi connectivity index (χ0) is 17.3. The Morgan fingerprint density at radius 3 is 2.46 bits per heavy atom. The van der Waals surface area contributed by atoms with Gasteiger partial charge in [0.05, 0.1) is 0 Å². The van der Waals surface area contributed by atoms with Crippen molar-refractivity contribution < 1.29 is 0 Å². The lowest BCUT2D eigenvalue weighted by molar-refractivity contribution is 0.510. The molecular formula is C20H23N3S. The van der Waals surface area contributed by atoms with Crippen LogP contribution in [0.4, 0.5) is 5.69 Å². The van der Waals surface area contributed by atoms with E-state index in [2.05, 4.69) is 84.3 Å². The highest BCUT2D eigenvalue weighted by atomic mass is 32.1. The van der Waals surface area contributed by atoms with Gasteiger partial charge >= 0.3 is 0 Å². The topological polar surface area (TPSA) is 20.2 Å². The molecule has 0 radical (unpaired) electrons. The third kappa shape index (κ3) is 3.15. The molecule has 1 aromatic heterocycles. The molecule has 0 aliphatic heterocycles. The van der Waals surface area contributed by atoms with Gasteiger partial charge in [-0.1, -0.05) is 36.4 Å². The number of aromatic nitrogens is 1. The van der Waals surface area contributed by atoms with E-state index >= 15 is 0 Å². The maximum atomic E-state index is 5.61. The molecule has 3 rings (SSSR count). The molecule has 0 amide bonds. The Balaban J connectivity index is 1.79. The summed E-state index contributed by atoms with van der Waals surface area (Å²) in [6, 6.07) is 14.7. The number of aryl methyl sites for hydroxylation is 3. The summed E-state index contributed by atoms with van der Waals surface area (Å²) in [5.74, 6) is 0. The van der Waals surface area contributed by atoms with Crippen LogP contribution in [-0.2, 0) is 13.6 Å². The summed E-state index contributed by atoms with van der Waals surface area (Å²) in [5, 5.41) is 5.42. The molecule has 0 saturated heterocycles. The molecule has 0 saturated carbocycles. The van der Waals surface area contributed by atoms with E-state index in [1.54, 1.807) is 0 Å². The third-order valence-electron chi connectivity index (χ3n) is 4.45. The Morgan fingerprint density at radius 2 is 1.75 bits per heavy atom. The van der Waals surface area contributed by atoms with Gasteiger partial charge in [0.25, 0.3) is 0 Å². The fourth-order valence-electron chi connectivity index (χ4n) is 3.09. The van der Waals surface area contributed by atoms with E-state index in [-0.39, 0.29) is 0 Å². The van der Waals surface area contributed by atoms with Crippen molar-refractivity contribution in [3.05, 3.63) is 65.4 Å². The van der Waals surface area contributed by atoms with Gasteiger partial charge in [0.15, 0.2) is 5.11 Å². The number of fused-ring (bicyclic) bond motifs is 1. The lowest BCUT2D eigenvalue weighted by atomic mass is 10.1. The van der Waals surface area contributed by atoms with E-state index in [9.17, 15) is 0 Å². The maximum Gasteiger partial charge on any atom is 0.173 e. The molecule has 0 aliphatic rings. The Labute approximate surface area is 148 Å². The molecule has 24 heavy (non-hydrogen) atoms. The molecule has 2 aromatic carbocycles. The number of nitrogens with zero attached hydrogens (tertiary/aromatic N) is 2. The number of benzene rings is 2. The Morgan fingerprint density at radius 1 is 1.08 bits per heavy atom. The molecule has 0 aliphatic carbocycles. The molecule has 1 N–H and O–H groups in total. The summed E-state index contributed by atoms with van der Waals surface area (Å²) < 4.78 is 2.17. The minimum Gasteiger partial charge on any atom is -0.350 e. The van der Waals surface area contributed by atoms with Crippen molar-refractivity contribution in [3.63, 3.8) is 0 Å². The number of hydrogen-bond acceptors (Lipinski definition) is 1. The summed E-state index contributed by atoms with van der Waals surface area (Å²) in [7, 11) is 4.11. The zero-order valence-corrected chi connectivity index (χ0v) is 15.4. The van der Waals surface area contributed by atoms with Crippen LogP contribution in [0.3, 0.4) is 0 Å². The molecule has 124 valence electrons. The van der Waals surface area contributed by atoms with Crippen LogP contribution in [0.5, 0.6) is 0 Å². The minimum absolute atomic E-state index is 0.736. The second-order valence-corrected chi connectivity index (χ2v) is 6.72. The smallest absolute Gasteiger partial charge is 0.173 e. The van der Waals surface area contributed by atoms with Crippen molar-refractivity contribution in [1.29, 1.82) is 0 Å². The van der Waals surface area contributed by atoms with Gasteiger partial charge < -0.3 is 14.8 Å². The fraction of sp³-hybridized carbons (Fsp3) is 0.250. The predicted octanol–water partition coefficient (Wildman–Crippen LogP) is 4.62. The first kappa shape index (κ1) is 16.5. The van der Waals surface area contributed by atoms with Gasteiger partial charge in [0.2, 0.25) is 0 Å². The average Bonchev–Trinajstić information content (AvgIpc) is 2.87. The van der Waals surface area contributed by atoms with Crippen molar-refractivity contribution >= 4 is 33.9 Å². The fourth-order valence-corrected chi connectivity index (χ4v) is 3.26. The van der Waals surface area contributed by atoms with Crippen LogP contribution in [0.15, 0.2) is 48.7 Å². The van der Waals surface area contributed by atoms with Crippen LogP contribution >= 0.6 is 12.2 Å². The SMILES string of the molecule is Cc1cccc(C)c1NC(=S)N(C)Cc1cn(C)c2ccccc12. The first-order valence-corrected chi connectivity index (χ1v) is 8.49. The molecular weight excluding hydrogens is 314 g/mol. The molecule has 1 heterocycles. The number of nitrogens with one attached hydrogen (secondary N) is 1. The van der Waals surface area contributed by atoms with Crippen molar-refractivity contribution in [2.24, 2.45) is 7.05 Å². The van der Waals surface area contributed by atoms with Crippen LogP contribution in [0.25, 0.3) is 10.9 Å². The number of anilines is 1. The molecule has 3 nitrogen and oxygen atoms in total. The van der Waals surface area contributed by atoms with Gasteiger partial charge in [-0.15, -0.1) is 0 Å². The van der Waals surface area contributed by atoms with Crippen LogP contribution < -0.4 is 5.32 Å². The molecule has 0 spiro atoms. The molecule has 0 fully saturated rings. The molecule has 4 heteroatoms. The van der Waals surface area contributed by atoms with Crippen LogP contribution in [0.2, 0.25) is 0 Å². The monoisotopic (exact) mass is 337 g/mol. The summed E-state index contributed by atoms with van der Waals surface area (Å²) in [6.07, 6.45) is 2.18. The lowest BCUT2D eigenvalue weighted by Gasteiger charge is -2.22. The van der Waals surface area contributed by atoms with Crippen molar-refractivity contribution in [1.82, 2.24) is 9.47 Å². The summed E-state index contributed by atoms with van der Waals surface area (Å²) in [5.41, 5.74) is 6.04. The standard InChI is InChI=1S/C20H23N3S/c1-14-8-7-9-15(2)19(14)21-20(24)23(4)13-16-12-22(3)18-11-6-5-10-17(16)18/h5-12H,13H2,1-4H3,(H,21,24). The zero-order valence-electron chi connectivity index (χ0n) is 14.6. The van der Waals surface area contributed by atoms with Gasteiger partial charge in [0.1, 0.15) is 0 Å². The first-order chi connectivity index (χ1) is 11.5. The molecule has 0 unspecified atom stereocenters. The molecule has 0 bridgehead atoms.